The molecule has 3 atom stereocenters. The van der Waals surface area contributed by atoms with Crippen LogP contribution in [-0.4, -0.2) is 54.3 Å². The Morgan fingerprint density at radius 3 is 2.07 bits per heavy atom. The number of nitrogens with zero attached hydrogens (tertiary/aromatic N) is 1. The minimum atomic E-state index is -1.26. The molecule has 6 nitrogen and oxygen atoms in total. The van der Waals surface area contributed by atoms with Gasteiger partial charge in [0.1, 0.15) is 0 Å². The quantitative estimate of drug-likeness (QED) is 0.652. The van der Waals surface area contributed by atoms with Crippen molar-refractivity contribution in [3.05, 3.63) is 48.0 Å². The first kappa shape index (κ1) is 24.1. The number of carboxylic acid groups (broad SMARTS) is 2. The Morgan fingerprint density at radius 1 is 1.10 bits per heavy atom. The molecule has 2 aliphatic rings. The Hall–Kier alpha value is -2.18. The van der Waals surface area contributed by atoms with E-state index in [-0.39, 0.29) is 11.0 Å². The smallest absolute Gasteiger partial charge is 0.328 e. The summed E-state index contributed by atoms with van der Waals surface area (Å²) >= 11 is 0. The van der Waals surface area contributed by atoms with Gasteiger partial charge in [0, 0.05) is 24.1 Å². The van der Waals surface area contributed by atoms with Crippen molar-refractivity contribution >= 4 is 11.9 Å². The molecular weight excluding hydrogens is 382 g/mol. The number of ether oxygens (including phenoxy) is 1. The zero-order chi connectivity index (χ0) is 22.6. The highest BCUT2D eigenvalue weighted by atomic mass is 16.5. The van der Waals surface area contributed by atoms with Crippen LogP contribution >= 0.6 is 0 Å². The molecule has 0 aliphatic heterocycles. The van der Waals surface area contributed by atoms with Crippen molar-refractivity contribution < 1.29 is 24.5 Å². The van der Waals surface area contributed by atoms with Crippen LogP contribution in [0.25, 0.3) is 0 Å². The van der Waals surface area contributed by atoms with Gasteiger partial charge in [-0.05, 0) is 50.3 Å². The molecule has 2 aliphatic carbocycles. The second kappa shape index (κ2) is 9.31. The molecule has 6 heteroatoms. The second-order valence-electron chi connectivity index (χ2n) is 9.35. The zero-order valence-electron chi connectivity index (χ0n) is 18.7. The molecule has 1 aromatic carbocycles. The van der Waals surface area contributed by atoms with Gasteiger partial charge in [-0.3, -0.25) is 0 Å². The van der Waals surface area contributed by atoms with Crippen LogP contribution in [0.3, 0.4) is 0 Å². The number of carboxylic acids is 2. The fourth-order valence-corrected chi connectivity index (χ4v) is 5.24. The van der Waals surface area contributed by atoms with Gasteiger partial charge in [-0.15, -0.1) is 0 Å². The van der Waals surface area contributed by atoms with E-state index in [9.17, 15) is 9.59 Å². The van der Waals surface area contributed by atoms with Gasteiger partial charge < -0.3 is 19.8 Å². The molecule has 166 valence electrons. The van der Waals surface area contributed by atoms with Gasteiger partial charge >= 0.3 is 11.9 Å². The molecule has 3 unspecified atom stereocenters. The number of hydrogen-bond donors (Lipinski definition) is 2. The van der Waals surface area contributed by atoms with Crippen LogP contribution in [0.2, 0.25) is 0 Å². The molecule has 0 amide bonds. The van der Waals surface area contributed by atoms with Gasteiger partial charge in [-0.25, -0.2) is 9.59 Å². The van der Waals surface area contributed by atoms with Crippen molar-refractivity contribution in [2.24, 2.45) is 16.7 Å². The van der Waals surface area contributed by atoms with Crippen LogP contribution in [0.1, 0.15) is 45.6 Å². The monoisotopic (exact) mass is 417 g/mol. The maximum atomic E-state index is 9.55. The highest BCUT2D eigenvalue weighted by molar-refractivity contribution is 5.89. The summed E-state index contributed by atoms with van der Waals surface area (Å²) in [5.41, 5.74) is 1.84. The largest absolute Gasteiger partial charge is 0.478 e. The third-order valence-electron chi connectivity index (χ3n) is 7.36. The normalized spacial score (nSPS) is 29.1. The molecule has 2 N–H and O–H groups in total. The third kappa shape index (κ3) is 4.60. The van der Waals surface area contributed by atoms with Crippen LogP contribution < -0.4 is 0 Å². The molecule has 2 bridgehead atoms. The van der Waals surface area contributed by atoms with Gasteiger partial charge in [0.05, 0.1) is 12.2 Å². The number of likely N-dealkylation sites (N-methyl/N-ethyl adjacent to an activating group) is 1. The van der Waals surface area contributed by atoms with Crippen molar-refractivity contribution in [1.29, 1.82) is 0 Å². The lowest BCUT2D eigenvalue weighted by Crippen LogP contribution is -2.47. The van der Waals surface area contributed by atoms with Crippen molar-refractivity contribution in [2.75, 3.05) is 27.2 Å². The summed E-state index contributed by atoms with van der Waals surface area (Å²) in [6.45, 7) is 9.19. The van der Waals surface area contributed by atoms with E-state index in [1.54, 1.807) is 0 Å². The van der Waals surface area contributed by atoms with Crippen LogP contribution in [-0.2, 0) is 19.9 Å². The number of carbonyl (C=O) groups is 2. The lowest BCUT2D eigenvalue weighted by Gasteiger charge is -2.49. The van der Waals surface area contributed by atoms with Crippen molar-refractivity contribution in [1.82, 2.24) is 4.90 Å². The van der Waals surface area contributed by atoms with Crippen LogP contribution in [0.4, 0.5) is 0 Å². The highest BCUT2D eigenvalue weighted by Gasteiger charge is 2.69. The summed E-state index contributed by atoms with van der Waals surface area (Å²) in [7, 11) is 4.23. The van der Waals surface area contributed by atoms with E-state index < -0.39 is 11.9 Å². The van der Waals surface area contributed by atoms with Crippen LogP contribution in [0.5, 0.6) is 0 Å². The minimum absolute atomic E-state index is 0.114. The van der Waals surface area contributed by atoms with E-state index in [4.69, 9.17) is 14.9 Å². The predicted octanol–water partition coefficient (Wildman–Crippen LogP) is 4.02. The number of hydrogen-bond acceptors (Lipinski definition) is 4. The molecular formula is C24H35NO5. The predicted molar refractivity (Wildman–Crippen MR) is 116 cm³/mol. The van der Waals surface area contributed by atoms with Gasteiger partial charge in [0.25, 0.3) is 0 Å². The summed E-state index contributed by atoms with van der Waals surface area (Å²) in [5, 5.41) is 15.6. The maximum Gasteiger partial charge on any atom is 0.328 e. The fourth-order valence-electron chi connectivity index (χ4n) is 5.24. The summed E-state index contributed by atoms with van der Waals surface area (Å²) in [4.78, 5) is 21.3. The summed E-state index contributed by atoms with van der Waals surface area (Å²) in [6.07, 6.45) is 4.93. The molecule has 1 aromatic rings. The van der Waals surface area contributed by atoms with E-state index in [2.05, 4.69) is 70.1 Å². The first-order chi connectivity index (χ1) is 14.0. The summed E-state index contributed by atoms with van der Waals surface area (Å²) in [6, 6.07) is 11.0. The van der Waals surface area contributed by atoms with Gasteiger partial charge in [0.15, 0.2) is 0 Å². The average molecular weight is 418 g/mol. The summed E-state index contributed by atoms with van der Waals surface area (Å²) < 4.78 is 6.72. The van der Waals surface area contributed by atoms with Gasteiger partial charge in [-0.2, -0.15) is 0 Å². The second-order valence-corrected chi connectivity index (χ2v) is 9.35. The number of fused-ring (bicyclic) bond motifs is 2. The molecule has 0 aromatic heterocycles. The van der Waals surface area contributed by atoms with Crippen molar-refractivity contribution in [3.63, 3.8) is 0 Å². The van der Waals surface area contributed by atoms with E-state index in [0.717, 1.165) is 19.1 Å². The molecule has 2 saturated carbocycles. The summed E-state index contributed by atoms with van der Waals surface area (Å²) in [5.74, 6) is -1.74. The van der Waals surface area contributed by atoms with Crippen molar-refractivity contribution in [2.45, 2.75) is 45.6 Å². The molecule has 0 radical (unpaired) electrons. The minimum Gasteiger partial charge on any atom is -0.478 e. The zero-order valence-corrected chi connectivity index (χ0v) is 18.7. The Morgan fingerprint density at radius 2 is 1.67 bits per heavy atom. The topological polar surface area (TPSA) is 87.1 Å². The fraction of sp³-hybridized carbons (Fsp3) is 0.583. The lowest BCUT2D eigenvalue weighted by atomic mass is 9.62. The average Bonchev–Trinajstić information content (AvgIpc) is 3.00. The SMILES string of the molecule is CN(C)CCOC1(c2ccccc2)CC2CCC1(C)C2(C)C.O=C(O)C=CC(=O)O. The van der Waals surface area contributed by atoms with Gasteiger partial charge in [0.2, 0.25) is 0 Å². The maximum absolute atomic E-state index is 9.55. The molecule has 0 spiro atoms. The first-order valence-electron chi connectivity index (χ1n) is 10.4. The molecule has 3 rings (SSSR count). The Kier molecular flexibility index (Phi) is 7.48. The van der Waals surface area contributed by atoms with Gasteiger partial charge in [-0.1, -0.05) is 51.1 Å². The Labute approximate surface area is 179 Å². The standard InChI is InChI=1S/C20H31NO.C4H4O4/c1-18(2)17-11-12-19(18,3)20(15-17,22-14-13-21(4)5)16-9-7-6-8-10-16;5-3(6)1-2-4(7)8/h6-10,17H,11-15H2,1-5H3;1-2H,(H,5,6)(H,7,8). The molecule has 0 heterocycles. The molecule has 30 heavy (non-hydrogen) atoms. The third-order valence-corrected chi connectivity index (χ3v) is 7.36. The Bertz CT molecular complexity index is 757. The highest BCUT2D eigenvalue weighted by Crippen LogP contribution is 2.73. The first-order valence-corrected chi connectivity index (χ1v) is 10.4. The molecule has 2 fully saturated rings. The van der Waals surface area contributed by atoms with Crippen LogP contribution in [0.15, 0.2) is 42.5 Å². The molecule has 0 saturated heterocycles. The van der Waals surface area contributed by atoms with E-state index in [0.29, 0.717) is 17.6 Å². The van der Waals surface area contributed by atoms with Crippen LogP contribution in [0, 0.1) is 16.7 Å². The number of rotatable bonds is 7. The van der Waals surface area contributed by atoms with E-state index in [1.807, 2.05) is 0 Å². The van der Waals surface area contributed by atoms with E-state index >= 15 is 0 Å². The van der Waals surface area contributed by atoms with Crippen molar-refractivity contribution in [3.8, 4) is 0 Å². The Balaban J connectivity index is 0.000000343. The lowest BCUT2D eigenvalue weighted by molar-refractivity contribution is -0.148. The van der Waals surface area contributed by atoms with E-state index in [1.165, 1.54) is 24.8 Å². The number of aliphatic carboxylic acids is 2. The number of benzene rings is 1.